The molecule has 2 bridgehead atoms. The lowest BCUT2D eigenvalue weighted by atomic mass is 9.60. The first kappa shape index (κ1) is 39.4. The minimum Gasteiger partial charge on any atom is -0.457 e. The molecule has 11 heteroatoms. The summed E-state index contributed by atoms with van der Waals surface area (Å²) in [4.78, 5) is 50.3. The number of halogens is 1. The summed E-state index contributed by atoms with van der Waals surface area (Å²) in [5, 5.41) is 16.6. The number of hydrogen-bond acceptors (Lipinski definition) is 9. The maximum Gasteiger partial charge on any atom is 0.351 e. The van der Waals surface area contributed by atoms with Crippen molar-refractivity contribution in [3.63, 3.8) is 0 Å². The third kappa shape index (κ3) is 8.76. The zero-order valence-electron chi connectivity index (χ0n) is 30.5. The zero-order valence-corrected chi connectivity index (χ0v) is 30.5. The summed E-state index contributed by atoms with van der Waals surface area (Å²) < 4.78 is 35.3. The highest BCUT2D eigenvalue weighted by atomic mass is 19.1. The molecule has 0 aliphatic carbocycles. The number of nitrogens with zero attached hydrogens (tertiary/aromatic N) is 2. The number of esters is 1. The number of Topliss-reactive ketones (excluding diaryl/α,β-unsaturated/α-hetero) is 1. The fourth-order valence-corrected chi connectivity index (χ4v) is 8.02. The average molecular weight is 675 g/mol. The Labute approximate surface area is 284 Å². The van der Waals surface area contributed by atoms with Crippen molar-refractivity contribution in [3.8, 4) is 0 Å². The summed E-state index contributed by atoms with van der Waals surface area (Å²) in [7, 11) is 0. The summed E-state index contributed by atoms with van der Waals surface area (Å²) in [6.07, 6.45) is -2.07. The molecular formula is C37H55FN2O8. The highest BCUT2D eigenvalue weighted by Gasteiger charge is 2.57. The van der Waals surface area contributed by atoms with Gasteiger partial charge in [-0.15, -0.1) is 0 Å². The van der Waals surface area contributed by atoms with Gasteiger partial charge in [0, 0.05) is 30.4 Å². The van der Waals surface area contributed by atoms with E-state index in [4.69, 9.17) is 19.0 Å². The molecule has 1 aromatic rings. The largest absolute Gasteiger partial charge is 0.457 e. The number of rotatable bonds is 4. The van der Waals surface area contributed by atoms with E-state index in [0.29, 0.717) is 11.4 Å². The number of aliphatic imine (C=N–C) groups is 1. The first-order valence-corrected chi connectivity index (χ1v) is 16.9. The van der Waals surface area contributed by atoms with Crippen molar-refractivity contribution in [1.29, 1.82) is 0 Å². The van der Waals surface area contributed by atoms with E-state index < -0.39 is 75.8 Å². The fourth-order valence-electron chi connectivity index (χ4n) is 8.02. The van der Waals surface area contributed by atoms with Crippen molar-refractivity contribution in [1.82, 2.24) is 0 Å². The zero-order chi connectivity index (χ0) is 36.2. The van der Waals surface area contributed by atoms with E-state index in [0.717, 1.165) is 12.5 Å². The molecule has 2 aliphatic rings. The molecule has 10 nitrogen and oxygen atoms in total. The quantitative estimate of drug-likeness (QED) is 0.231. The smallest absolute Gasteiger partial charge is 0.351 e. The Hall–Kier alpha value is -3.02. The lowest BCUT2D eigenvalue weighted by Gasteiger charge is -2.49. The van der Waals surface area contributed by atoms with Gasteiger partial charge < -0.3 is 24.2 Å². The molecule has 2 aliphatic heterocycles. The number of ketones is 1. The number of carbonyl (C=O) groups excluding carboxylic acids is 3. The van der Waals surface area contributed by atoms with Gasteiger partial charge >= 0.3 is 5.97 Å². The maximum atomic E-state index is 16.5. The Morgan fingerprint density at radius 2 is 1.69 bits per heavy atom. The monoisotopic (exact) mass is 674 g/mol. The first-order valence-electron chi connectivity index (χ1n) is 16.9. The van der Waals surface area contributed by atoms with Crippen molar-refractivity contribution < 1.29 is 42.9 Å². The van der Waals surface area contributed by atoms with Gasteiger partial charge in [-0.25, -0.2) is 14.2 Å². The van der Waals surface area contributed by atoms with E-state index in [2.05, 4.69) is 10.1 Å². The molecule has 1 N–H and O–H groups in total. The number of oxime groups is 1. The van der Waals surface area contributed by atoms with E-state index in [1.54, 1.807) is 20.8 Å². The number of aliphatic hydroxyl groups is 1. The third-order valence-corrected chi connectivity index (χ3v) is 9.89. The van der Waals surface area contributed by atoms with Crippen LogP contribution in [-0.2, 0) is 40.0 Å². The van der Waals surface area contributed by atoms with Crippen LogP contribution in [0.5, 0.6) is 0 Å². The predicted octanol–water partition coefficient (Wildman–Crippen LogP) is 6.07. The molecule has 0 spiro atoms. The number of amides is 1. The van der Waals surface area contributed by atoms with Gasteiger partial charge in [0.25, 0.3) is 5.67 Å². The van der Waals surface area contributed by atoms with E-state index >= 15 is 4.39 Å². The Morgan fingerprint density at radius 1 is 1.06 bits per heavy atom. The molecule has 2 fully saturated rings. The summed E-state index contributed by atoms with van der Waals surface area (Å²) >= 11 is 0. The first-order chi connectivity index (χ1) is 22.2. The number of cyclic esters (lactones) is 1. The predicted molar refractivity (Wildman–Crippen MR) is 181 cm³/mol. The van der Waals surface area contributed by atoms with Crippen LogP contribution in [0.15, 0.2) is 40.5 Å². The van der Waals surface area contributed by atoms with E-state index in [1.165, 1.54) is 13.8 Å². The van der Waals surface area contributed by atoms with Gasteiger partial charge in [0.05, 0.1) is 24.9 Å². The Kier molecular flexibility index (Phi) is 12.5. The second-order valence-corrected chi connectivity index (χ2v) is 15.2. The molecule has 0 saturated carbocycles. The van der Waals surface area contributed by atoms with E-state index in [-0.39, 0.29) is 32.7 Å². The molecule has 1 aromatic carbocycles. The summed E-state index contributed by atoms with van der Waals surface area (Å²) in [6, 6.07) is 9.51. The second-order valence-electron chi connectivity index (χ2n) is 15.2. The number of ether oxygens (including phenoxy) is 3. The second kappa shape index (κ2) is 15.3. The number of fused-ring (bicyclic) bond motifs is 5. The standard InChI is InChI=1S/C37H55FN2O8/c1-12-28-37(11,44)32-23(3)29(39-25(5)41)22(2)18-35(9,30(34(6,7)8)24(4)31(42)36(10,38)33(43)48-28)46-21-27(20-45-32)40-47-19-26-16-14-13-15-17-26/h13-17,22-24,28,30,32,44H,12,18-21H2,1-11H3/b39-29+,40-27+/t22-,23+,24-,28-,30+,32-,35-,36+,37-/m1/s1. The summed E-state index contributed by atoms with van der Waals surface area (Å²) in [5.74, 6) is -5.54. The lowest BCUT2D eigenvalue weighted by Crippen LogP contribution is -2.59. The highest BCUT2D eigenvalue weighted by Crippen LogP contribution is 2.48. The third-order valence-electron chi connectivity index (χ3n) is 9.89. The van der Waals surface area contributed by atoms with Crippen LogP contribution in [0.1, 0.15) is 94.6 Å². The molecule has 2 saturated heterocycles. The van der Waals surface area contributed by atoms with Crippen molar-refractivity contribution >= 4 is 29.1 Å². The lowest BCUT2D eigenvalue weighted by molar-refractivity contribution is -0.198. The fraction of sp³-hybridized carbons (Fsp3) is 0.703. The topological polar surface area (TPSA) is 133 Å². The molecule has 48 heavy (non-hydrogen) atoms. The highest BCUT2D eigenvalue weighted by molar-refractivity contribution is 6.07. The molecule has 0 aromatic heterocycles. The van der Waals surface area contributed by atoms with E-state index in [1.807, 2.05) is 65.0 Å². The number of alkyl halides is 1. The van der Waals surface area contributed by atoms with Gasteiger partial charge in [0.2, 0.25) is 5.91 Å². The Morgan fingerprint density at radius 3 is 2.25 bits per heavy atom. The van der Waals surface area contributed by atoms with Gasteiger partial charge in [-0.3, -0.25) is 9.59 Å². The van der Waals surface area contributed by atoms with Crippen LogP contribution in [0.2, 0.25) is 0 Å². The molecule has 3 rings (SSSR count). The minimum absolute atomic E-state index is 0.0759. The van der Waals surface area contributed by atoms with Crippen LogP contribution in [0.3, 0.4) is 0 Å². The van der Waals surface area contributed by atoms with Crippen molar-refractivity contribution in [2.75, 3.05) is 13.2 Å². The molecule has 1 amide bonds. The summed E-state index contributed by atoms with van der Waals surface area (Å²) in [5.41, 5.74) is -5.00. The van der Waals surface area contributed by atoms with Crippen LogP contribution in [0.4, 0.5) is 4.39 Å². The van der Waals surface area contributed by atoms with E-state index in [9.17, 15) is 19.5 Å². The van der Waals surface area contributed by atoms with Gasteiger partial charge in [-0.05, 0) is 50.5 Å². The van der Waals surface area contributed by atoms with Crippen LogP contribution in [0.25, 0.3) is 0 Å². The molecule has 2 heterocycles. The molecule has 268 valence electrons. The van der Waals surface area contributed by atoms with Crippen molar-refractivity contribution in [2.45, 2.75) is 125 Å². The van der Waals surface area contributed by atoms with Crippen LogP contribution < -0.4 is 0 Å². The number of carbonyl (C=O) groups is 3. The molecular weight excluding hydrogens is 619 g/mol. The Bertz CT molecular complexity index is 1370. The van der Waals surface area contributed by atoms with Crippen LogP contribution >= 0.6 is 0 Å². The normalized spacial score (nSPS) is 37.7. The number of benzene rings is 1. The molecule has 0 radical (unpaired) electrons. The molecule has 9 atom stereocenters. The average Bonchev–Trinajstić information content (AvgIpc) is 3.00. The van der Waals surface area contributed by atoms with Gasteiger partial charge in [-0.2, -0.15) is 0 Å². The van der Waals surface area contributed by atoms with Gasteiger partial charge in [-0.1, -0.05) is 84.0 Å². The minimum atomic E-state index is -3.01. The maximum absolute atomic E-state index is 16.5. The van der Waals surface area contributed by atoms with Crippen LogP contribution in [0, 0.1) is 29.1 Å². The Balaban J connectivity index is 2.34. The van der Waals surface area contributed by atoms with Crippen molar-refractivity contribution in [2.24, 2.45) is 39.2 Å². The van der Waals surface area contributed by atoms with Crippen LogP contribution in [-0.4, -0.2) is 76.5 Å². The van der Waals surface area contributed by atoms with Crippen molar-refractivity contribution in [3.05, 3.63) is 35.9 Å². The van der Waals surface area contributed by atoms with Gasteiger partial charge in [0.1, 0.15) is 24.0 Å². The SMILES string of the molecule is CC[C@H]1OC(=O)[C@@](C)(F)C(=O)[C@H](C)[C@@H](C(C)(C)C)[C@@]2(C)C[C@@H](C)/C(=N\C(C)=O)[C@H](C)[C@@H](OC/C(=N\OCc3ccccc3)CO2)[C@]1(C)O. The summed E-state index contributed by atoms with van der Waals surface area (Å²) in [6.45, 7) is 18.4. The number of hydrogen-bond donors (Lipinski definition) is 1. The van der Waals surface area contributed by atoms with Gasteiger partial charge in [0.15, 0.2) is 5.78 Å². The molecule has 0 unspecified atom stereocenters.